The molecule has 0 bridgehead atoms. The minimum atomic E-state index is 0.0355. The Morgan fingerprint density at radius 3 is 2.94 bits per heavy atom. The van der Waals surface area contributed by atoms with Gasteiger partial charge in [-0.1, -0.05) is 30.7 Å². The molecule has 1 aromatic heterocycles. The number of aromatic nitrogens is 1. The van der Waals surface area contributed by atoms with Gasteiger partial charge in [0.05, 0.1) is 0 Å². The van der Waals surface area contributed by atoms with E-state index in [-0.39, 0.29) is 5.91 Å². The zero-order valence-electron chi connectivity index (χ0n) is 9.82. The molecule has 0 aromatic carbocycles. The molecule has 17 heavy (non-hydrogen) atoms. The van der Waals surface area contributed by atoms with Gasteiger partial charge in [0.25, 0.3) is 5.91 Å². The third-order valence-electron chi connectivity index (χ3n) is 2.80. The fourth-order valence-corrected chi connectivity index (χ4v) is 2.09. The van der Waals surface area contributed by atoms with Crippen molar-refractivity contribution >= 4 is 17.5 Å². The predicted molar refractivity (Wildman–Crippen MR) is 68.3 cm³/mol. The van der Waals surface area contributed by atoms with Gasteiger partial charge in [0.2, 0.25) is 0 Å². The number of hydrogen-bond acceptors (Lipinski definition) is 2. The molecule has 1 amide bonds. The van der Waals surface area contributed by atoms with Gasteiger partial charge < -0.3 is 4.90 Å². The van der Waals surface area contributed by atoms with Crippen LogP contribution in [0.2, 0.25) is 5.15 Å². The Hall–Kier alpha value is -1.35. The molecule has 1 aliphatic heterocycles. The van der Waals surface area contributed by atoms with Crippen molar-refractivity contribution in [3.8, 4) is 0 Å². The highest BCUT2D eigenvalue weighted by Crippen LogP contribution is 2.15. The molecule has 4 heteroatoms. The summed E-state index contributed by atoms with van der Waals surface area (Å²) in [5.41, 5.74) is 1.49. The first-order valence-corrected chi connectivity index (χ1v) is 6.19. The normalized spacial score (nSPS) is 15.1. The average molecular weight is 251 g/mol. The molecule has 0 spiro atoms. The molecule has 0 aliphatic carbocycles. The molecule has 0 saturated carbocycles. The largest absolute Gasteiger partial charge is 0.335 e. The van der Waals surface area contributed by atoms with Crippen molar-refractivity contribution in [3.63, 3.8) is 0 Å². The second kappa shape index (κ2) is 5.32. The van der Waals surface area contributed by atoms with E-state index >= 15 is 0 Å². The van der Waals surface area contributed by atoms with E-state index in [1.54, 1.807) is 6.07 Å². The summed E-state index contributed by atoms with van der Waals surface area (Å²) in [5.74, 6) is 0.0355. The van der Waals surface area contributed by atoms with E-state index in [9.17, 15) is 4.79 Å². The minimum absolute atomic E-state index is 0.0355. The third kappa shape index (κ3) is 2.86. The smallest absolute Gasteiger partial charge is 0.254 e. The van der Waals surface area contributed by atoms with Crippen LogP contribution in [0.1, 0.15) is 29.4 Å². The molecule has 0 radical (unpaired) electrons. The van der Waals surface area contributed by atoms with Crippen molar-refractivity contribution < 1.29 is 4.79 Å². The zero-order chi connectivity index (χ0) is 12.3. The predicted octanol–water partition coefficient (Wildman–Crippen LogP) is 2.70. The Labute approximate surface area is 106 Å². The number of nitrogens with zero attached hydrogens (tertiary/aromatic N) is 2. The second-order valence-corrected chi connectivity index (χ2v) is 4.42. The summed E-state index contributed by atoms with van der Waals surface area (Å²) in [4.78, 5) is 18.2. The van der Waals surface area contributed by atoms with Crippen LogP contribution < -0.4 is 0 Å². The van der Waals surface area contributed by atoms with E-state index in [2.05, 4.69) is 11.1 Å². The van der Waals surface area contributed by atoms with Gasteiger partial charge in [-0.2, -0.15) is 0 Å². The minimum Gasteiger partial charge on any atom is -0.335 e. The first kappa shape index (κ1) is 12.1. The summed E-state index contributed by atoms with van der Waals surface area (Å²) in [6.07, 6.45) is 5.82. The van der Waals surface area contributed by atoms with Crippen molar-refractivity contribution in [2.45, 2.75) is 19.8 Å². The maximum atomic E-state index is 12.2. The molecule has 0 atom stereocenters. The maximum absolute atomic E-state index is 12.2. The molecular weight excluding hydrogens is 236 g/mol. The van der Waals surface area contributed by atoms with Crippen LogP contribution in [0.25, 0.3) is 0 Å². The lowest BCUT2D eigenvalue weighted by Crippen LogP contribution is -2.33. The van der Waals surface area contributed by atoms with E-state index in [1.807, 2.05) is 24.0 Å². The van der Waals surface area contributed by atoms with Crippen molar-refractivity contribution in [1.29, 1.82) is 0 Å². The second-order valence-electron chi connectivity index (χ2n) is 4.03. The van der Waals surface area contributed by atoms with Crippen molar-refractivity contribution in [3.05, 3.63) is 40.7 Å². The molecule has 2 heterocycles. The summed E-state index contributed by atoms with van der Waals surface area (Å²) in [6, 6.07) is 3.47. The number of amides is 1. The maximum Gasteiger partial charge on any atom is 0.254 e. The first-order valence-electron chi connectivity index (χ1n) is 5.81. The van der Waals surface area contributed by atoms with Gasteiger partial charge in [0, 0.05) is 24.3 Å². The van der Waals surface area contributed by atoms with Gasteiger partial charge >= 0.3 is 0 Å². The molecule has 0 saturated heterocycles. The SMILES string of the molecule is CCc1cc(C(=O)N2CC=CCC2)cc(Cl)n1. The van der Waals surface area contributed by atoms with E-state index < -0.39 is 0 Å². The molecule has 0 N–H and O–H groups in total. The van der Waals surface area contributed by atoms with Gasteiger partial charge in [-0.3, -0.25) is 4.79 Å². The molecule has 0 unspecified atom stereocenters. The molecular formula is C13H15ClN2O. The molecule has 0 fully saturated rings. The van der Waals surface area contributed by atoms with Crippen molar-refractivity contribution in [2.24, 2.45) is 0 Å². The Bertz CT molecular complexity index is 457. The third-order valence-corrected chi connectivity index (χ3v) is 3.00. The molecule has 1 aromatic rings. The Kier molecular flexibility index (Phi) is 3.79. The van der Waals surface area contributed by atoms with Gasteiger partial charge in [0.1, 0.15) is 5.15 Å². The highest BCUT2D eigenvalue weighted by Gasteiger charge is 2.17. The number of pyridine rings is 1. The fourth-order valence-electron chi connectivity index (χ4n) is 1.86. The van der Waals surface area contributed by atoms with Gasteiger partial charge in [-0.05, 0) is 25.0 Å². The quantitative estimate of drug-likeness (QED) is 0.597. The Morgan fingerprint density at radius 1 is 1.47 bits per heavy atom. The Balaban J connectivity index is 2.23. The van der Waals surface area contributed by atoms with E-state index in [0.717, 1.165) is 25.1 Å². The first-order chi connectivity index (χ1) is 8.20. The number of rotatable bonds is 2. The van der Waals surface area contributed by atoms with Crippen molar-refractivity contribution in [1.82, 2.24) is 9.88 Å². The molecule has 2 rings (SSSR count). The number of halogens is 1. The fraction of sp³-hybridized carbons (Fsp3) is 0.385. The van der Waals surface area contributed by atoms with Crippen LogP contribution in [0.15, 0.2) is 24.3 Å². The number of hydrogen-bond donors (Lipinski definition) is 0. The lowest BCUT2D eigenvalue weighted by molar-refractivity contribution is 0.0771. The molecule has 3 nitrogen and oxygen atoms in total. The van der Waals surface area contributed by atoms with E-state index in [1.165, 1.54) is 0 Å². The standard InChI is InChI=1S/C13H15ClN2O/c1-2-11-8-10(9-12(14)15-11)13(17)16-6-4-3-5-7-16/h3-4,8-9H,2,5-7H2,1H3. The monoisotopic (exact) mass is 250 g/mol. The van der Waals surface area contributed by atoms with Crippen LogP contribution in [0.4, 0.5) is 0 Å². The lowest BCUT2D eigenvalue weighted by atomic mass is 10.1. The lowest BCUT2D eigenvalue weighted by Gasteiger charge is -2.23. The zero-order valence-corrected chi connectivity index (χ0v) is 10.6. The van der Waals surface area contributed by atoms with Gasteiger partial charge in [-0.25, -0.2) is 4.98 Å². The van der Waals surface area contributed by atoms with Crippen LogP contribution in [0, 0.1) is 0 Å². The molecule has 1 aliphatic rings. The summed E-state index contributed by atoms with van der Waals surface area (Å²) < 4.78 is 0. The molecule has 90 valence electrons. The highest BCUT2D eigenvalue weighted by molar-refractivity contribution is 6.29. The van der Waals surface area contributed by atoms with Crippen LogP contribution in [-0.4, -0.2) is 28.9 Å². The van der Waals surface area contributed by atoms with Gasteiger partial charge in [0.15, 0.2) is 0 Å². The van der Waals surface area contributed by atoms with E-state index in [0.29, 0.717) is 17.3 Å². The van der Waals surface area contributed by atoms with Crippen molar-refractivity contribution in [2.75, 3.05) is 13.1 Å². The Morgan fingerprint density at radius 2 is 2.29 bits per heavy atom. The highest BCUT2D eigenvalue weighted by atomic mass is 35.5. The summed E-state index contributed by atoms with van der Waals surface area (Å²) in [6.45, 7) is 3.45. The average Bonchev–Trinajstić information content (AvgIpc) is 2.38. The number of aryl methyl sites for hydroxylation is 1. The van der Waals surface area contributed by atoms with Gasteiger partial charge in [-0.15, -0.1) is 0 Å². The number of carbonyl (C=O) groups is 1. The van der Waals surface area contributed by atoms with Crippen LogP contribution in [0.3, 0.4) is 0 Å². The summed E-state index contributed by atoms with van der Waals surface area (Å²) >= 11 is 5.92. The van der Waals surface area contributed by atoms with Crippen LogP contribution >= 0.6 is 11.6 Å². The van der Waals surface area contributed by atoms with E-state index in [4.69, 9.17) is 11.6 Å². The number of carbonyl (C=O) groups excluding carboxylic acids is 1. The topological polar surface area (TPSA) is 33.2 Å². The van der Waals surface area contributed by atoms with Crippen LogP contribution in [0.5, 0.6) is 0 Å². The summed E-state index contributed by atoms with van der Waals surface area (Å²) in [7, 11) is 0. The summed E-state index contributed by atoms with van der Waals surface area (Å²) in [5, 5.41) is 0.389. The van der Waals surface area contributed by atoms with Crippen LogP contribution in [-0.2, 0) is 6.42 Å².